The first kappa shape index (κ1) is 18.2. The van der Waals surface area contributed by atoms with Crippen molar-refractivity contribution < 1.29 is 18.0 Å². The summed E-state index contributed by atoms with van der Waals surface area (Å²) in [5.74, 6) is -0.768. The fraction of sp³-hybridized carbons (Fsp3) is 0.500. The lowest BCUT2D eigenvalue weighted by molar-refractivity contribution is -0.120. The summed E-state index contributed by atoms with van der Waals surface area (Å²) in [6.07, 6.45) is 3.56. The van der Waals surface area contributed by atoms with Crippen LogP contribution < -0.4 is 10.6 Å². The fourth-order valence-corrected chi connectivity index (χ4v) is 4.70. The van der Waals surface area contributed by atoms with Gasteiger partial charge in [0.2, 0.25) is 15.9 Å². The second-order valence-electron chi connectivity index (χ2n) is 6.28. The van der Waals surface area contributed by atoms with Crippen LogP contribution in [0.15, 0.2) is 23.1 Å². The molecule has 2 amide bonds. The summed E-state index contributed by atoms with van der Waals surface area (Å²) in [6, 6.07) is 4.32. The van der Waals surface area contributed by atoms with Crippen molar-refractivity contribution in [3.05, 3.63) is 28.8 Å². The lowest BCUT2D eigenvalue weighted by Crippen LogP contribution is -2.37. The monoisotopic (exact) mass is 385 g/mol. The Kier molecular flexibility index (Phi) is 5.31. The highest BCUT2D eigenvalue weighted by atomic mass is 35.5. The SMILES string of the molecule is O=C(CNC(=O)c1ccc(Cl)c(S(=O)(=O)N2CCCC2)c1)NC1CC1. The molecule has 0 atom stereocenters. The van der Waals surface area contributed by atoms with E-state index in [1.807, 2.05) is 0 Å². The molecule has 1 aliphatic heterocycles. The first-order valence-electron chi connectivity index (χ1n) is 8.25. The minimum Gasteiger partial charge on any atom is -0.352 e. The molecule has 0 bridgehead atoms. The lowest BCUT2D eigenvalue weighted by atomic mass is 10.2. The van der Waals surface area contributed by atoms with Crippen molar-refractivity contribution in [2.45, 2.75) is 36.6 Å². The van der Waals surface area contributed by atoms with E-state index >= 15 is 0 Å². The number of carbonyl (C=O) groups is 2. The van der Waals surface area contributed by atoms with Crippen molar-refractivity contribution in [2.24, 2.45) is 0 Å². The molecule has 1 aromatic rings. The van der Waals surface area contributed by atoms with Gasteiger partial charge in [-0.25, -0.2) is 8.42 Å². The topological polar surface area (TPSA) is 95.6 Å². The van der Waals surface area contributed by atoms with Crippen molar-refractivity contribution in [2.75, 3.05) is 19.6 Å². The van der Waals surface area contributed by atoms with Gasteiger partial charge in [0.1, 0.15) is 4.90 Å². The Labute approximate surface area is 151 Å². The van der Waals surface area contributed by atoms with Crippen LogP contribution in [0.2, 0.25) is 5.02 Å². The molecule has 2 fully saturated rings. The zero-order chi connectivity index (χ0) is 18.0. The highest BCUT2D eigenvalue weighted by Gasteiger charge is 2.30. The Balaban J connectivity index is 1.71. The van der Waals surface area contributed by atoms with Crippen LogP contribution in [0.1, 0.15) is 36.0 Å². The summed E-state index contributed by atoms with van der Waals surface area (Å²) < 4.78 is 26.7. The van der Waals surface area contributed by atoms with Crippen LogP contribution in [-0.2, 0) is 14.8 Å². The van der Waals surface area contributed by atoms with E-state index in [9.17, 15) is 18.0 Å². The summed E-state index contributed by atoms with van der Waals surface area (Å²) in [5, 5.41) is 5.34. The minimum atomic E-state index is -3.72. The van der Waals surface area contributed by atoms with E-state index in [1.165, 1.54) is 22.5 Å². The molecule has 136 valence electrons. The third-order valence-electron chi connectivity index (χ3n) is 4.23. The summed E-state index contributed by atoms with van der Waals surface area (Å²) >= 11 is 6.05. The molecule has 0 radical (unpaired) electrons. The van der Waals surface area contributed by atoms with Crippen LogP contribution in [0.25, 0.3) is 0 Å². The van der Waals surface area contributed by atoms with E-state index < -0.39 is 15.9 Å². The standard InChI is InChI=1S/C16H20ClN3O4S/c17-13-6-3-11(16(22)18-10-15(21)19-12-4-5-12)9-14(13)25(23,24)20-7-1-2-8-20/h3,6,9,12H,1-2,4-5,7-8,10H2,(H,18,22)(H,19,21). The average Bonchev–Trinajstić information content (AvgIpc) is 3.20. The lowest BCUT2D eigenvalue weighted by Gasteiger charge is -2.17. The highest BCUT2D eigenvalue weighted by molar-refractivity contribution is 7.89. The molecule has 3 rings (SSSR count). The smallest absolute Gasteiger partial charge is 0.251 e. The van der Waals surface area contributed by atoms with Gasteiger partial charge in [-0.15, -0.1) is 0 Å². The maximum atomic E-state index is 12.7. The van der Waals surface area contributed by atoms with Gasteiger partial charge in [0.15, 0.2) is 0 Å². The second-order valence-corrected chi connectivity index (χ2v) is 8.59. The summed E-state index contributed by atoms with van der Waals surface area (Å²) in [7, 11) is -3.72. The molecule has 0 spiro atoms. The van der Waals surface area contributed by atoms with Gasteiger partial charge in [-0.2, -0.15) is 4.31 Å². The van der Waals surface area contributed by atoms with Crippen LogP contribution in [-0.4, -0.2) is 50.2 Å². The molecule has 2 aliphatic rings. The third-order valence-corrected chi connectivity index (χ3v) is 6.61. The van der Waals surface area contributed by atoms with Gasteiger partial charge >= 0.3 is 0 Å². The first-order chi connectivity index (χ1) is 11.9. The number of sulfonamides is 1. The van der Waals surface area contributed by atoms with E-state index in [-0.39, 0.29) is 34.0 Å². The van der Waals surface area contributed by atoms with E-state index in [2.05, 4.69) is 10.6 Å². The van der Waals surface area contributed by atoms with Gasteiger partial charge in [-0.3, -0.25) is 9.59 Å². The predicted octanol–water partition coefficient (Wildman–Crippen LogP) is 1.13. The fourth-order valence-electron chi connectivity index (χ4n) is 2.68. The Bertz CT molecular complexity index is 787. The van der Waals surface area contributed by atoms with E-state index in [4.69, 9.17) is 11.6 Å². The largest absolute Gasteiger partial charge is 0.352 e. The molecule has 25 heavy (non-hydrogen) atoms. The minimum absolute atomic E-state index is 0.0776. The number of halogens is 1. The number of rotatable bonds is 6. The van der Waals surface area contributed by atoms with Gasteiger partial charge in [0.05, 0.1) is 11.6 Å². The number of carbonyl (C=O) groups excluding carboxylic acids is 2. The molecular weight excluding hydrogens is 366 g/mol. The van der Waals surface area contributed by atoms with E-state index in [1.54, 1.807) is 0 Å². The Hall–Kier alpha value is -1.64. The normalized spacial score (nSPS) is 18.1. The van der Waals surface area contributed by atoms with Crippen molar-refractivity contribution in [1.29, 1.82) is 0 Å². The Morgan fingerprint density at radius 3 is 2.52 bits per heavy atom. The Morgan fingerprint density at radius 1 is 1.20 bits per heavy atom. The van der Waals surface area contributed by atoms with Crippen molar-refractivity contribution in [3.8, 4) is 0 Å². The van der Waals surface area contributed by atoms with Crippen molar-refractivity contribution >= 4 is 33.4 Å². The van der Waals surface area contributed by atoms with E-state index in [0.29, 0.717) is 13.1 Å². The Morgan fingerprint density at radius 2 is 1.88 bits per heavy atom. The van der Waals surface area contributed by atoms with Gasteiger partial charge in [-0.1, -0.05) is 11.6 Å². The molecule has 1 aliphatic carbocycles. The number of hydrogen-bond donors (Lipinski definition) is 2. The van der Waals surface area contributed by atoms with Gasteiger partial charge < -0.3 is 10.6 Å². The maximum absolute atomic E-state index is 12.7. The average molecular weight is 386 g/mol. The quantitative estimate of drug-likeness (QED) is 0.767. The number of amides is 2. The third kappa shape index (κ3) is 4.31. The number of hydrogen-bond acceptors (Lipinski definition) is 4. The molecule has 0 aromatic heterocycles. The van der Waals surface area contributed by atoms with Crippen LogP contribution in [0.5, 0.6) is 0 Å². The van der Waals surface area contributed by atoms with Gasteiger partial charge in [-0.05, 0) is 43.9 Å². The van der Waals surface area contributed by atoms with Crippen LogP contribution in [0, 0.1) is 0 Å². The first-order valence-corrected chi connectivity index (χ1v) is 10.1. The van der Waals surface area contributed by atoms with Gasteiger partial charge in [0, 0.05) is 24.7 Å². The zero-order valence-electron chi connectivity index (χ0n) is 13.6. The molecule has 0 unspecified atom stereocenters. The molecule has 9 heteroatoms. The molecule has 2 N–H and O–H groups in total. The number of nitrogens with zero attached hydrogens (tertiary/aromatic N) is 1. The summed E-state index contributed by atoms with van der Waals surface area (Å²) in [4.78, 5) is 23.8. The molecule has 1 saturated carbocycles. The van der Waals surface area contributed by atoms with Crippen LogP contribution in [0.3, 0.4) is 0 Å². The molecule has 1 saturated heterocycles. The molecule has 1 heterocycles. The van der Waals surface area contributed by atoms with Crippen molar-refractivity contribution in [1.82, 2.24) is 14.9 Å². The summed E-state index contributed by atoms with van der Waals surface area (Å²) in [5.41, 5.74) is 0.154. The predicted molar refractivity (Wildman–Crippen MR) is 92.9 cm³/mol. The number of benzene rings is 1. The van der Waals surface area contributed by atoms with Crippen molar-refractivity contribution in [3.63, 3.8) is 0 Å². The second kappa shape index (κ2) is 7.31. The van der Waals surface area contributed by atoms with Crippen LogP contribution >= 0.6 is 11.6 Å². The summed E-state index contributed by atoms with van der Waals surface area (Å²) in [6.45, 7) is 0.763. The van der Waals surface area contributed by atoms with Gasteiger partial charge in [0.25, 0.3) is 5.91 Å². The van der Waals surface area contributed by atoms with E-state index in [0.717, 1.165) is 25.7 Å². The van der Waals surface area contributed by atoms with Crippen LogP contribution in [0.4, 0.5) is 0 Å². The molecular formula is C16H20ClN3O4S. The maximum Gasteiger partial charge on any atom is 0.251 e. The zero-order valence-corrected chi connectivity index (χ0v) is 15.2. The molecule has 7 nitrogen and oxygen atoms in total. The highest BCUT2D eigenvalue weighted by Crippen LogP contribution is 2.28. The number of nitrogens with one attached hydrogen (secondary N) is 2. The molecule has 1 aromatic carbocycles.